The molecule has 0 aliphatic carbocycles. The first-order valence-corrected chi connectivity index (χ1v) is 2.96. The lowest BCUT2D eigenvalue weighted by Crippen LogP contribution is -1.89. The fourth-order valence-electron chi connectivity index (χ4n) is 0.468. The predicted molar refractivity (Wildman–Crippen MR) is 36.1 cm³/mol. The van der Waals surface area contributed by atoms with Crippen molar-refractivity contribution in [2.24, 2.45) is 0 Å². The molecule has 1 heterocycles. The molecule has 0 fully saturated rings. The molecule has 47 valence electrons. The molecule has 2 nitrogen and oxygen atoms in total. The zero-order chi connectivity index (χ0) is 6.69. The maximum absolute atomic E-state index is 5.52. The van der Waals surface area contributed by atoms with E-state index in [1.54, 1.807) is 12.4 Å². The number of rotatable bonds is 1. The third-order valence-electron chi connectivity index (χ3n) is 0.897. The van der Waals surface area contributed by atoms with Gasteiger partial charge in [0.25, 0.3) is 0 Å². The van der Waals surface area contributed by atoms with Gasteiger partial charge in [-0.3, -0.25) is 0 Å². The molecule has 1 rings (SSSR count). The van der Waals surface area contributed by atoms with Crippen molar-refractivity contribution < 1.29 is 0 Å². The largest absolute Gasteiger partial charge is 0.240 e. The van der Waals surface area contributed by atoms with Gasteiger partial charge >= 0.3 is 0 Å². The van der Waals surface area contributed by atoms with Gasteiger partial charge in [0.15, 0.2) is 0 Å². The zero-order valence-electron chi connectivity index (χ0n) is 4.84. The highest BCUT2D eigenvalue weighted by Gasteiger charge is 1.89. The Labute approximate surface area is 58.9 Å². The van der Waals surface area contributed by atoms with Gasteiger partial charge in [0.1, 0.15) is 5.82 Å². The van der Waals surface area contributed by atoms with Crippen LogP contribution in [0.3, 0.4) is 0 Å². The number of hydrogen-bond donors (Lipinski definition) is 0. The summed E-state index contributed by atoms with van der Waals surface area (Å²) in [5.41, 5.74) is 0. The van der Waals surface area contributed by atoms with E-state index in [2.05, 4.69) is 16.9 Å². The maximum Gasteiger partial charge on any atom is 0.128 e. The molecule has 0 unspecified atom stereocenters. The van der Waals surface area contributed by atoms with Gasteiger partial charge in [0.05, 0.1) is 5.02 Å². The molecule has 3 heteroatoms. The van der Waals surface area contributed by atoms with E-state index >= 15 is 0 Å². The highest BCUT2D eigenvalue weighted by Crippen LogP contribution is 2.02. The Kier molecular flexibility index (Phi) is 2.01. The Bertz CT molecular complexity index is 183. The Morgan fingerprint density at radius 1 is 1.44 bits per heavy atom. The van der Waals surface area contributed by atoms with Crippen molar-refractivity contribution in [3.63, 3.8) is 0 Å². The minimum atomic E-state index is 0.562. The van der Waals surface area contributed by atoms with Crippen LogP contribution in [-0.2, 0) is 6.42 Å². The Balaban J connectivity index is 2.88. The summed E-state index contributed by atoms with van der Waals surface area (Å²) in [5, 5.41) is 0.562. The van der Waals surface area contributed by atoms with Crippen molar-refractivity contribution in [2.75, 3.05) is 0 Å². The lowest BCUT2D eigenvalue weighted by molar-refractivity contribution is 0.988. The summed E-state index contributed by atoms with van der Waals surface area (Å²) in [6, 6.07) is 0. The molecule has 0 N–H and O–H groups in total. The average Bonchev–Trinajstić information content (AvgIpc) is 1.90. The number of aromatic nitrogens is 2. The van der Waals surface area contributed by atoms with E-state index in [9.17, 15) is 0 Å². The maximum atomic E-state index is 5.52. The predicted octanol–water partition coefficient (Wildman–Crippen LogP) is 1.51. The van der Waals surface area contributed by atoms with E-state index in [0.29, 0.717) is 11.4 Å². The SMILES string of the molecule is [CH2]Cc1ncc(Cl)cn1. The second kappa shape index (κ2) is 2.78. The molecule has 9 heavy (non-hydrogen) atoms. The van der Waals surface area contributed by atoms with Crippen LogP contribution in [0.25, 0.3) is 0 Å². The van der Waals surface area contributed by atoms with E-state index in [4.69, 9.17) is 11.6 Å². The standard InChI is InChI=1S/C6H6ClN2/c1-2-6-8-3-5(7)4-9-6/h3-4H,1-2H2. The molecular formula is C6H6ClN2. The lowest BCUT2D eigenvalue weighted by Gasteiger charge is -1.91. The first kappa shape index (κ1) is 6.49. The second-order valence-electron chi connectivity index (χ2n) is 1.57. The summed E-state index contributed by atoms with van der Waals surface area (Å²) in [4.78, 5) is 7.78. The number of hydrogen-bond acceptors (Lipinski definition) is 2. The zero-order valence-corrected chi connectivity index (χ0v) is 5.60. The average molecular weight is 142 g/mol. The topological polar surface area (TPSA) is 25.8 Å². The quantitative estimate of drug-likeness (QED) is 0.593. The molecule has 0 bridgehead atoms. The van der Waals surface area contributed by atoms with Crippen LogP contribution in [0.15, 0.2) is 12.4 Å². The van der Waals surface area contributed by atoms with E-state index in [0.717, 1.165) is 5.82 Å². The summed E-state index contributed by atoms with van der Waals surface area (Å²) < 4.78 is 0. The monoisotopic (exact) mass is 141 g/mol. The molecule has 1 radical (unpaired) electrons. The molecule has 0 aliphatic rings. The number of halogens is 1. The molecule has 1 aromatic rings. The molecule has 0 amide bonds. The van der Waals surface area contributed by atoms with Crippen molar-refractivity contribution in [2.45, 2.75) is 6.42 Å². The van der Waals surface area contributed by atoms with Gasteiger partial charge in [-0.25, -0.2) is 9.97 Å². The third kappa shape index (κ3) is 1.64. The first-order chi connectivity index (χ1) is 4.33. The molecule has 0 aromatic carbocycles. The first-order valence-electron chi connectivity index (χ1n) is 2.58. The van der Waals surface area contributed by atoms with E-state index in [-0.39, 0.29) is 0 Å². The smallest absolute Gasteiger partial charge is 0.128 e. The third-order valence-corrected chi connectivity index (χ3v) is 1.09. The van der Waals surface area contributed by atoms with Crippen molar-refractivity contribution in [3.05, 3.63) is 30.2 Å². The fourth-order valence-corrected chi connectivity index (χ4v) is 0.566. The van der Waals surface area contributed by atoms with Gasteiger partial charge in [-0.1, -0.05) is 11.6 Å². The minimum absolute atomic E-state index is 0.562. The van der Waals surface area contributed by atoms with Gasteiger partial charge in [0.2, 0.25) is 0 Å². The molecule has 0 saturated heterocycles. The van der Waals surface area contributed by atoms with Gasteiger partial charge in [-0.15, -0.1) is 0 Å². The van der Waals surface area contributed by atoms with Gasteiger partial charge in [0, 0.05) is 18.8 Å². The van der Waals surface area contributed by atoms with Gasteiger partial charge < -0.3 is 0 Å². The van der Waals surface area contributed by atoms with E-state index in [1.165, 1.54) is 0 Å². The highest BCUT2D eigenvalue weighted by molar-refractivity contribution is 6.30. The summed E-state index contributed by atoms with van der Waals surface area (Å²) in [6.45, 7) is 3.62. The summed E-state index contributed by atoms with van der Waals surface area (Å²) in [6.07, 6.45) is 3.74. The minimum Gasteiger partial charge on any atom is -0.240 e. The Morgan fingerprint density at radius 3 is 2.44 bits per heavy atom. The van der Waals surface area contributed by atoms with Crippen LogP contribution in [0.5, 0.6) is 0 Å². The van der Waals surface area contributed by atoms with Gasteiger partial charge in [-0.05, 0) is 6.92 Å². The van der Waals surface area contributed by atoms with Gasteiger partial charge in [-0.2, -0.15) is 0 Å². The normalized spacial score (nSPS) is 9.56. The van der Waals surface area contributed by atoms with Crippen LogP contribution in [0.1, 0.15) is 5.82 Å². The van der Waals surface area contributed by atoms with Crippen LogP contribution in [0.2, 0.25) is 5.02 Å². The summed E-state index contributed by atoms with van der Waals surface area (Å²) in [7, 11) is 0. The molecule has 0 atom stereocenters. The molecule has 0 spiro atoms. The van der Waals surface area contributed by atoms with Crippen molar-refractivity contribution in [1.82, 2.24) is 9.97 Å². The molecule has 0 aliphatic heterocycles. The molecule has 1 aromatic heterocycles. The Hall–Kier alpha value is -0.630. The van der Waals surface area contributed by atoms with Crippen molar-refractivity contribution in [1.29, 1.82) is 0 Å². The lowest BCUT2D eigenvalue weighted by atomic mass is 10.4. The van der Waals surface area contributed by atoms with Crippen molar-refractivity contribution in [3.8, 4) is 0 Å². The summed E-state index contributed by atoms with van der Waals surface area (Å²) >= 11 is 5.52. The van der Waals surface area contributed by atoms with Crippen LogP contribution >= 0.6 is 11.6 Å². The molecular weight excluding hydrogens is 136 g/mol. The fraction of sp³-hybridized carbons (Fsp3) is 0.167. The Morgan fingerprint density at radius 2 is 2.00 bits per heavy atom. The van der Waals surface area contributed by atoms with Crippen LogP contribution in [-0.4, -0.2) is 9.97 Å². The van der Waals surface area contributed by atoms with Crippen molar-refractivity contribution >= 4 is 11.6 Å². The van der Waals surface area contributed by atoms with Crippen LogP contribution in [0, 0.1) is 6.92 Å². The number of nitrogens with zero attached hydrogens (tertiary/aromatic N) is 2. The highest BCUT2D eigenvalue weighted by atomic mass is 35.5. The molecule has 0 saturated carbocycles. The van der Waals surface area contributed by atoms with Crippen LogP contribution in [0.4, 0.5) is 0 Å². The van der Waals surface area contributed by atoms with Crippen LogP contribution < -0.4 is 0 Å². The second-order valence-corrected chi connectivity index (χ2v) is 2.00. The van der Waals surface area contributed by atoms with E-state index in [1.807, 2.05) is 0 Å². The van der Waals surface area contributed by atoms with E-state index < -0.39 is 0 Å². The summed E-state index contributed by atoms with van der Waals surface area (Å²) in [5.74, 6) is 0.722.